The van der Waals surface area contributed by atoms with Crippen LogP contribution in [0.3, 0.4) is 0 Å². The molecule has 0 fully saturated rings. The summed E-state index contributed by atoms with van der Waals surface area (Å²) in [5.41, 5.74) is 6.37. The maximum absolute atomic E-state index is 12.1. The average molecular weight is 303 g/mol. The number of hydrogen-bond donors (Lipinski definition) is 3. The molecule has 0 saturated heterocycles. The fourth-order valence-electron chi connectivity index (χ4n) is 1.83. The second-order valence-corrected chi connectivity index (χ2v) is 5.48. The number of primary amides is 1. The highest BCUT2D eigenvalue weighted by molar-refractivity contribution is 7.09. The second-order valence-electron chi connectivity index (χ2n) is 4.45. The quantitative estimate of drug-likeness (QED) is 0.731. The van der Waals surface area contributed by atoms with Crippen LogP contribution in [0.4, 0.5) is 5.69 Å². The van der Waals surface area contributed by atoms with Gasteiger partial charge >= 0.3 is 0 Å². The number of carbonyl (C=O) groups is 2. The van der Waals surface area contributed by atoms with Gasteiger partial charge in [-0.1, -0.05) is 18.2 Å². The fraction of sp³-hybridized carbons (Fsp3) is 0.200. The largest absolute Gasteiger partial charge is 0.380 e. The van der Waals surface area contributed by atoms with Crippen LogP contribution in [0.5, 0.6) is 0 Å². The van der Waals surface area contributed by atoms with Gasteiger partial charge in [-0.3, -0.25) is 9.59 Å². The predicted octanol–water partition coefficient (Wildman–Crippen LogP) is 1.97. The molecule has 1 aromatic heterocycles. The van der Waals surface area contributed by atoms with Crippen LogP contribution in [-0.4, -0.2) is 18.4 Å². The van der Waals surface area contributed by atoms with E-state index < -0.39 is 5.91 Å². The van der Waals surface area contributed by atoms with Gasteiger partial charge in [0.15, 0.2) is 0 Å². The van der Waals surface area contributed by atoms with Gasteiger partial charge in [0.1, 0.15) is 0 Å². The van der Waals surface area contributed by atoms with Crippen LogP contribution in [-0.2, 0) is 11.3 Å². The summed E-state index contributed by atoms with van der Waals surface area (Å²) < 4.78 is 0. The standard InChI is InChI=1S/C15H17N3O2S/c16-14(19)7-8-17-15(20)12-5-1-2-6-13(12)18-10-11-4-3-9-21-11/h1-6,9,18H,7-8,10H2,(H2,16,19)(H,17,20). The van der Waals surface area contributed by atoms with Gasteiger partial charge in [0.25, 0.3) is 5.91 Å². The van der Waals surface area contributed by atoms with E-state index in [0.29, 0.717) is 12.1 Å². The molecule has 2 amide bonds. The number of anilines is 1. The number of nitrogens with two attached hydrogens (primary N) is 1. The number of carbonyl (C=O) groups excluding carboxylic acids is 2. The normalized spacial score (nSPS) is 10.1. The molecular weight excluding hydrogens is 286 g/mol. The zero-order valence-electron chi connectivity index (χ0n) is 11.5. The maximum atomic E-state index is 12.1. The topological polar surface area (TPSA) is 84.2 Å². The van der Waals surface area contributed by atoms with Crippen molar-refractivity contribution in [1.82, 2.24) is 5.32 Å². The summed E-state index contributed by atoms with van der Waals surface area (Å²) in [5.74, 6) is -0.648. The summed E-state index contributed by atoms with van der Waals surface area (Å²) in [6.07, 6.45) is 0.135. The van der Waals surface area contributed by atoms with E-state index >= 15 is 0 Å². The first kappa shape index (κ1) is 15.1. The SMILES string of the molecule is NC(=O)CCNC(=O)c1ccccc1NCc1cccs1. The molecule has 0 atom stereocenters. The first-order valence-electron chi connectivity index (χ1n) is 6.58. The third-order valence-electron chi connectivity index (χ3n) is 2.86. The molecule has 21 heavy (non-hydrogen) atoms. The van der Waals surface area contributed by atoms with Crippen molar-refractivity contribution in [3.05, 3.63) is 52.2 Å². The van der Waals surface area contributed by atoms with Crippen LogP contribution in [0.1, 0.15) is 21.7 Å². The first-order chi connectivity index (χ1) is 10.2. The minimum atomic E-state index is -0.431. The zero-order chi connectivity index (χ0) is 15.1. The molecule has 1 heterocycles. The molecule has 1 aromatic carbocycles. The molecule has 0 aliphatic rings. The first-order valence-corrected chi connectivity index (χ1v) is 7.46. The molecule has 0 unspecified atom stereocenters. The highest BCUT2D eigenvalue weighted by Crippen LogP contribution is 2.17. The Hall–Kier alpha value is -2.34. The predicted molar refractivity (Wildman–Crippen MR) is 84.2 cm³/mol. The summed E-state index contributed by atoms with van der Waals surface area (Å²) in [6, 6.07) is 11.3. The van der Waals surface area contributed by atoms with Crippen molar-refractivity contribution < 1.29 is 9.59 Å². The molecule has 4 N–H and O–H groups in total. The Kier molecular flexibility index (Phi) is 5.34. The van der Waals surface area contributed by atoms with Gasteiger partial charge in [-0.25, -0.2) is 0 Å². The lowest BCUT2D eigenvalue weighted by Crippen LogP contribution is -2.28. The second kappa shape index (κ2) is 7.44. The molecule has 0 aliphatic carbocycles. The van der Waals surface area contributed by atoms with Crippen LogP contribution < -0.4 is 16.4 Å². The smallest absolute Gasteiger partial charge is 0.253 e. The van der Waals surface area contributed by atoms with Crippen molar-refractivity contribution in [2.24, 2.45) is 5.73 Å². The van der Waals surface area contributed by atoms with E-state index in [1.807, 2.05) is 29.6 Å². The number of rotatable bonds is 7. The van der Waals surface area contributed by atoms with Crippen LogP contribution >= 0.6 is 11.3 Å². The molecule has 0 bridgehead atoms. The number of thiophene rings is 1. The average Bonchev–Trinajstić information content (AvgIpc) is 2.98. The van der Waals surface area contributed by atoms with Crippen LogP contribution in [0.25, 0.3) is 0 Å². The minimum absolute atomic E-state index is 0.135. The summed E-state index contributed by atoms with van der Waals surface area (Å²) >= 11 is 1.66. The Morgan fingerprint density at radius 2 is 1.95 bits per heavy atom. The Bertz CT molecular complexity index is 611. The lowest BCUT2D eigenvalue weighted by atomic mass is 10.1. The molecule has 110 valence electrons. The Balaban J connectivity index is 1.98. The molecule has 5 nitrogen and oxygen atoms in total. The third-order valence-corrected chi connectivity index (χ3v) is 3.74. The number of amides is 2. The van der Waals surface area contributed by atoms with E-state index in [2.05, 4.69) is 10.6 Å². The maximum Gasteiger partial charge on any atom is 0.253 e. The molecule has 0 spiro atoms. The van der Waals surface area contributed by atoms with Gasteiger partial charge in [0.2, 0.25) is 5.91 Å². The van der Waals surface area contributed by atoms with E-state index in [0.717, 1.165) is 5.69 Å². The van der Waals surface area contributed by atoms with Crippen molar-refractivity contribution in [1.29, 1.82) is 0 Å². The van der Waals surface area contributed by atoms with E-state index in [4.69, 9.17) is 5.73 Å². The molecule has 2 aromatic rings. The van der Waals surface area contributed by atoms with Gasteiger partial charge in [-0.15, -0.1) is 11.3 Å². The van der Waals surface area contributed by atoms with Crippen molar-refractivity contribution in [3.63, 3.8) is 0 Å². The van der Waals surface area contributed by atoms with E-state index in [1.165, 1.54) is 4.88 Å². The minimum Gasteiger partial charge on any atom is -0.380 e. The van der Waals surface area contributed by atoms with Crippen LogP contribution in [0.15, 0.2) is 41.8 Å². The molecule has 0 radical (unpaired) electrons. The highest BCUT2D eigenvalue weighted by atomic mass is 32.1. The number of para-hydroxylation sites is 1. The summed E-state index contributed by atoms with van der Waals surface area (Å²) in [6.45, 7) is 0.913. The van der Waals surface area contributed by atoms with Crippen molar-refractivity contribution in [2.45, 2.75) is 13.0 Å². The highest BCUT2D eigenvalue weighted by Gasteiger charge is 2.10. The van der Waals surface area contributed by atoms with Crippen molar-refractivity contribution in [3.8, 4) is 0 Å². The molecule has 0 saturated carbocycles. The lowest BCUT2D eigenvalue weighted by Gasteiger charge is -2.11. The van der Waals surface area contributed by atoms with E-state index in [-0.39, 0.29) is 18.9 Å². The Labute approximate surface area is 127 Å². The molecule has 0 aliphatic heterocycles. The number of hydrogen-bond acceptors (Lipinski definition) is 4. The zero-order valence-corrected chi connectivity index (χ0v) is 12.3. The third kappa shape index (κ3) is 4.61. The van der Waals surface area contributed by atoms with Crippen LogP contribution in [0, 0.1) is 0 Å². The summed E-state index contributed by atoms with van der Waals surface area (Å²) in [7, 11) is 0. The van der Waals surface area contributed by atoms with Gasteiger partial charge in [-0.05, 0) is 23.6 Å². The van der Waals surface area contributed by atoms with Gasteiger partial charge in [0, 0.05) is 30.1 Å². The van der Waals surface area contributed by atoms with Crippen molar-refractivity contribution >= 4 is 28.8 Å². The fourth-order valence-corrected chi connectivity index (χ4v) is 2.47. The number of nitrogens with one attached hydrogen (secondary N) is 2. The Morgan fingerprint density at radius 3 is 2.67 bits per heavy atom. The van der Waals surface area contributed by atoms with Gasteiger partial charge in [0.05, 0.1) is 5.56 Å². The van der Waals surface area contributed by atoms with E-state index in [9.17, 15) is 9.59 Å². The number of benzene rings is 1. The van der Waals surface area contributed by atoms with Crippen molar-refractivity contribution in [2.75, 3.05) is 11.9 Å². The van der Waals surface area contributed by atoms with Gasteiger partial charge in [-0.2, -0.15) is 0 Å². The van der Waals surface area contributed by atoms with Crippen LogP contribution in [0.2, 0.25) is 0 Å². The summed E-state index contributed by atoms with van der Waals surface area (Å²) in [4.78, 5) is 24.0. The lowest BCUT2D eigenvalue weighted by molar-refractivity contribution is -0.117. The molecule has 2 rings (SSSR count). The monoisotopic (exact) mass is 303 g/mol. The van der Waals surface area contributed by atoms with E-state index in [1.54, 1.807) is 23.5 Å². The molecular formula is C15H17N3O2S. The molecule has 6 heteroatoms. The van der Waals surface area contributed by atoms with Gasteiger partial charge < -0.3 is 16.4 Å². The Morgan fingerprint density at radius 1 is 1.14 bits per heavy atom. The summed E-state index contributed by atoms with van der Waals surface area (Å²) in [5, 5.41) is 7.95.